The van der Waals surface area contributed by atoms with E-state index in [2.05, 4.69) is 17.9 Å². The third kappa shape index (κ3) is 6.51. The van der Waals surface area contributed by atoms with Crippen LogP contribution in [0.3, 0.4) is 0 Å². The van der Waals surface area contributed by atoms with E-state index >= 15 is 0 Å². The van der Waals surface area contributed by atoms with Gasteiger partial charge in [0.15, 0.2) is 0 Å². The van der Waals surface area contributed by atoms with E-state index in [-0.39, 0.29) is 12.0 Å². The number of rotatable bonds is 6. The molecule has 1 unspecified atom stereocenters. The van der Waals surface area contributed by atoms with Crippen LogP contribution in [0, 0.1) is 0 Å². The Kier molecular flexibility index (Phi) is 9.35. The number of carbonyl (C=O) groups excluding carboxylic acids is 3. The predicted octanol–water partition coefficient (Wildman–Crippen LogP) is 4.09. The molecule has 0 radical (unpaired) electrons. The standard InChI is InChI=1S/C13H16F6O3.C8H10O4/c1-3-10(6-4-5-7-10)22-9(20)8(2)11(21,12(14,15)16)13(17,18)19;1-5(2)7(9)12-6-3-4-11-8(6)10/h21H,2-7H2,1H3;6H,1,3-4H2,2H3. The van der Waals surface area contributed by atoms with Gasteiger partial charge >= 0.3 is 30.3 Å². The molecule has 1 aliphatic carbocycles. The van der Waals surface area contributed by atoms with Crippen LogP contribution < -0.4 is 0 Å². The second kappa shape index (κ2) is 10.8. The first-order valence-corrected chi connectivity index (χ1v) is 10.2. The van der Waals surface area contributed by atoms with E-state index in [1.165, 1.54) is 6.92 Å². The van der Waals surface area contributed by atoms with Crippen LogP contribution in [0.5, 0.6) is 0 Å². The van der Waals surface area contributed by atoms with Crippen LogP contribution in [0.4, 0.5) is 26.3 Å². The Morgan fingerprint density at radius 3 is 1.94 bits per heavy atom. The van der Waals surface area contributed by atoms with E-state index in [0.717, 1.165) is 0 Å². The average Bonchev–Trinajstić information content (AvgIpc) is 3.35. The summed E-state index contributed by atoms with van der Waals surface area (Å²) in [7, 11) is 0. The first kappa shape index (κ1) is 29.5. The number of hydrogen-bond acceptors (Lipinski definition) is 7. The maximum atomic E-state index is 12.7. The lowest BCUT2D eigenvalue weighted by atomic mass is 9.92. The van der Waals surface area contributed by atoms with E-state index in [4.69, 9.17) is 14.6 Å². The third-order valence-electron chi connectivity index (χ3n) is 5.46. The molecule has 0 aromatic heterocycles. The quantitative estimate of drug-likeness (QED) is 0.252. The molecule has 7 nitrogen and oxygen atoms in total. The molecule has 2 rings (SSSR count). The van der Waals surface area contributed by atoms with Crippen LogP contribution in [0.15, 0.2) is 24.3 Å². The Morgan fingerprint density at radius 2 is 1.59 bits per heavy atom. The molecule has 0 bridgehead atoms. The molecule has 1 atom stereocenters. The van der Waals surface area contributed by atoms with Gasteiger partial charge in [0.1, 0.15) is 5.60 Å². The van der Waals surface area contributed by atoms with Crippen LogP contribution in [0.25, 0.3) is 0 Å². The van der Waals surface area contributed by atoms with Gasteiger partial charge in [-0.1, -0.05) is 20.1 Å². The van der Waals surface area contributed by atoms with Crippen LogP contribution in [-0.4, -0.2) is 59.3 Å². The zero-order valence-corrected chi connectivity index (χ0v) is 18.6. The largest absolute Gasteiger partial charge is 0.463 e. The highest BCUT2D eigenvalue weighted by atomic mass is 19.4. The number of cyclic esters (lactones) is 1. The lowest BCUT2D eigenvalue weighted by Gasteiger charge is -2.35. The monoisotopic (exact) mass is 504 g/mol. The molecule has 1 heterocycles. The zero-order chi connectivity index (χ0) is 26.5. The van der Waals surface area contributed by atoms with Crippen LogP contribution in [0.2, 0.25) is 0 Å². The summed E-state index contributed by atoms with van der Waals surface area (Å²) in [4.78, 5) is 33.4. The van der Waals surface area contributed by atoms with Crippen molar-refractivity contribution >= 4 is 17.9 Å². The Balaban J connectivity index is 0.000000404. The van der Waals surface area contributed by atoms with Gasteiger partial charge in [-0.15, -0.1) is 0 Å². The van der Waals surface area contributed by atoms with E-state index in [9.17, 15) is 40.7 Å². The minimum Gasteiger partial charge on any atom is -0.463 e. The number of ether oxygens (including phenoxy) is 3. The smallest absolute Gasteiger partial charge is 0.430 e. The van der Waals surface area contributed by atoms with E-state index < -0.39 is 53.1 Å². The molecule has 2 fully saturated rings. The van der Waals surface area contributed by atoms with Crippen molar-refractivity contribution in [2.24, 2.45) is 0 Å². The molecular weight excluding hydrogens is 478 g/mol. The van der Waals surface area contributed by atoms with Gasteiger partial charge in [-0.25, -0.2) is 14.4 Å². The van der Waals surface area contributed by atoms with Crippen molar-refractivity contribution < 1.29 is 60.0 Å². The highest BCUT2D eigenvalue weighted by molar-refractivity contribution is 5.91. The van der Waals surface area contributed by atoms with Crippen LogP contribution in [-0.2, 0) is 28.6 Å². The Hall–Kier alpha value is -2.57. The lowest BCUT2D eigenvalue weighted by molar-refractivity contribution is -0.352. The Bertz CT molecular complexity index is 795. The zero-order valence-electron chi connectivity index (χ0n) is 18.6. The second-order valence-electron chi connectivity index (χ2n) is 7.95. The maximum absolute atomic E-state index is 12.7. The molecule has 0 aromatic rings. The molecule has 1 aliphatic heterocycles. The van der Waals surface area contributed by atoms with Crippen molar-refractivity contribution in [1.82, 2.24) is 0 Å². The first-order valence-electron chi connectivity index (χ1n) is 10.2. The lowest BCUT2D eigenvalue weighted by Crippen LogP contribution is -2.59. The van der Waals surface area contributed by atoms with E-state index in [1.54, 1.807) is 6.92 Å². The minimum absolute atomic E-state index is 0.252. The van der Waals surface area contributed by atoms with Gasteiger partial charge in [-0.05, 0) is 39.0 Å². The van der Waals surface area contributed by atoms with Crippen molar-refractivity contribution in [3.63, 3.8) is 0 Å². The number of alkyl halides is 6. The summed E-state index contributed by atoms with van der Waals surface area (Å²) in [6.07, 6.45) is -10.3. The number of hydrogen-bond donors (Lipinski definition) is 1. The number of carbonyl (C=O) groups is 3. The molecule has 1 saturated heterocycles. The summed E-state index contributed by atoms with van der Waals surface area (Å²) in [6, 6.07) is 0. The van der Waals surface area contributed by atoms with E-state index in [1.807, 2.05) is 0 Å². The summed E-state index contributed by atoms with van der Waals surface area (Å²) in [6.45, 7) is 9.37. The molecule has 0 aromatic carbocycles. The molecule has 1 saturated carbocycles. The Morgan fingerprint density at radius 1 is 1.09 bits per heavy atom. The summed E-state index contributed by atoms with van der Waals surface area (Å²) >= 11 is 0. The molecule has 194 valence electrons. The van der Waals surface area contributed by atoms with Gasteiger partial charge in [0.25, 0.3) is 5.60 Å². The van der Waals surface area contributed by atoms with Gasteiger partial charge in [-0.2, -0.15) is 26.3 Å². The first-order chi connectivity index (χ1) is 15.4. The fraction of sp³-hybridized carbons (Fsp3) is 0.667. The van der Waals surface area contributed by atoms with Crippen molar-refractivity contribution in [2.45, 2.75) is 82.0 Å². The molecule has 0 amide bonds. The van der Waals surface area contributed by atoms with Crippen LogP contribution >= 0.6 is 0 Å². The van der Waals surface area contributed by atoms with Crippen LogP contribution in [0.1, 0.15) is 52.4 Å². The molecule has 34 heavy (non-hydrogen) atoms. The third-order valence-corrected chi connectivity index (χ3v) is 5.46. The number of halogens is 6. The fourth-order valence-electron chi connectivity index (χ4n) is 3.27. The molecule has 0 spiro atoms. The molecular formula is C21H26F6O7. The van der Waals surface area contributed by atoms with Crippen molar-refractivity contribution in [1.29, 1.82) is 0 Å². The van der Waals surface area contributed by atoms with Crippen molar-refractivity contribution in [2.75, 3.05) is 6.61 Å². The minimum atomic E-state index is -6.14. The van der Waals surface area contributed by atoms with E-state index in [0.29, 0.717) is 38.7 Å². The van der Waals surface area contributed by atoms with Gasteiger partial charge in [0, 0.05) is 12.0 Å². The predicted molar refractivity (Wildman–Crippen MR) is 104 cm³/mol. The van der Waals surface area contributed by atoms with Gasteiger partial charge in [0.05, 0.1) is 12.2 Å². The summed E-state index contributed by atoms with van der Waals surface area (Å²) in [5, 5.41) is 9.10. The molecule has 1 N–H and O–H groups in total. The summed E-state index contributed by atoms with van der Waals surface area (Å²) < 4.78 is 90.2. The summed E-state index contributed by atoms with van der Waals surface area (Å²) in [5.41, 5.74) is -8.22. The average molecular weight is 504 g/mol. The SMILES string of the molecule is C=C(C(=O)OC1(CC)CCCC1)C(O)(C(F)(F)F)C(F)(F)F.C=C(C)C(=O)OC1CCOC1=O. The highest BCUT2D eigenvalue weighted by Gasteiger charge is 2.73. The van der Waals surface area contributed by atoms with Gasteiger partial charge in [-0.3, -0.25) is 0 Å². The molecule has 2 aliphatic rings. The second-order valence-corrected chi connectivity index (χ2v) is 7.95. The van der Waals surface area contributed by atoms with Gasteiger partial charge in [0.2, 0.25) is 6.10 Å². The van der Waals surface area contributed by atoms with Crippen molar-refractivity contribution in [3.05, 3.63) is 24.3 Å². The maximum Gasteiger partial charge on any atom is 0.430 e. The number of esters is 3. The topological polar surface area (TPSA) is 99.1 Å². The van der Waals surface area contributed by atoms with Crippen molar-refractivity contribution in [3.8, 4) is 0 Å². The highest BCUT2D eigenvalue weighted by Crippen LogP contribution is 2.48. The fourth-order valence-corrected chi connectivity index (χ4v) is 3.27. The number of aliphatic hydroxyl groups is 1. The normalized spacial score (nSPS) is 20.0. The summed E-state index contributed by atoms with van der Waals surface area (Å²) in [5.74, 6) is -2.90. The Labute approximate surface area is 191 Å². The van der Waals surface area contributed by atoms with Gasteiger partial charge < -0.3 is 19.3 Å². The molecule has 13 heteroatoms.